The van der Waals surface area contributed by atoms with Gasteiger partial charge in [-0.25, -0.2) is 0 Å². The summed E-state index contributed by atoms with van der Waals surface area (Å²) in [5, 5.41) is 9.23. The normalized spacial score (nSPS) is 13.1. The molecule has 0 unspecified atom stereocenters. The molecule has 0 aromatic heterocycles. The Morgan fingerprint density at radius 1 is 1.27 bits per heavy atom. The van der Waals surface area contributed by atoms with Crippen LogP contribution in [0.3, 0.4) is 0 Å². The molecule has 1 rings (SSSR count). The second-order valence-electron chi connectivity index (χ2n) is 2.98. The average molecular weight is 242 g/mol. The minimum Gasteiger partial charge on any atom is -0.508 e. The molecule has 0 heterocycles. The predicted octanol–water partition coefficient (Wildman–Crippen LogP) is 2.77. The van der Waals surface area contributed by atoms with Crippen LogP contribution in [0.5, 0.6) is 5.75 Å². The van der Waals surface area contributed by atoms with Gasteiger partial charge in [0.2, 0.25) is 0 Å². The number of halogens is 4. The Kier molecular flexibility index (Phi) is 4.90. The largest absolute Gasteiger partial charge is 0.508 e. The fourth-order valence-corrected chi connectivity index (χ4v) is 1.16. The zero-order chi connectivity index (χ0) is 10.8. The van der Waals surface area contributed by atoms with E-state index in [1.165, 1.54) is 24.3 Å². The first kappa shape index (κ1) is 14.1. The molecule has 1 aromatic rings. The van der Waals surface area contributed by atoms with E-state index in [0.29, 0.717) is 0 Å². The highest BCUT2D eigenvalue weighted by molar-refractivity contribution is 5.85. The second kappa shape index (κ2) is 5.23. The van der Waals surface area contributed by atoms with Gasteiger partial charge in [0.15, 0.2) is 0 Å². The van der Waals surface area contributed by atoms with Crippen molar-refractivity contribution in [2.45, 2.75) is 18.6 Å². The van der Waals surface area contributed by atoms with E-state index < -0.39 is 18.6 Å². The summed E-state index contributed by atoms with van der Waals surface area (Å²) in [6, 6.07) is 4.54. The Labute approximate surface area is 91.3 Å². The van der Waals surface area contributed by atoms with Gasteiger partial charge < -0.3 is 10.8 Å². The zero-order valence-electron chi connectivity index (χ0n) is 7.66. The number of rotatable bonds is 2. The summed E-state index contributed by atoms with van der Waals surface area (Å²) in [5.74, 6) is -0.204. The quantitative estimate of drug-likeness (QED) is 0.836. The topological polar surface area (TPSA) is 46.2 Å². The van der Waals surface area contributed by atoms with Gasteiger partial charge in [-0.1, -0.05) is 18.2 Å². The lowest BCUT2D eigenvalue weighted by Gasteiger charge is -2.15. The van der Waals surface area contributed by atoms with Crippen molar-refractivity contribution in [1.82, 2.24) is 0 Å². The van der Waals surface area contributed by atoms with Crippen molar-refractivity contribution >= 4 is 12.4 Å². The fraction of sp³-hybridized carbons (Fsp3) is 0.333. The molecule has 0 spiro atoms. The van der Waals surface area contributed by atoms with Gasteiger partial charge in [0.1, 0.15) is 5.75 Å². The highest BCUT2D eigenvalue weighted by Crippen LogP contribution is 2.31. The molecule has 0 aliphatic rings. The first-order chi connectivity index (χ1) is 6.40. The van der Waals surface area contributed by atoms with E-state index in [2.05, 4.69) is 0 Å². The third-order valence-electron chi connectivity index (χ3n) is 1.79. The number of benzene rings is 1. The Morgan fingerprint density at radius 3 is 2.27 bits per heavy atom. The molecule has 0 amide bonds. The lowest BCUT2D eigenvalue weighted by molar-refractivity contribution is -0.138. The molecule has 3 N–H and O–H groups in total. The number of alkyl halides is 3. The van der Waals surface area contributed by atoms with Gasteiger partial charge in [0.25, 0.3) is 0 Å². The van der Waals surface area contributed by atoms with Gasteiger partial charge in [0, 0.05) is 11.6 Å². The molecule has 86 valence electrons. The molecular formula is C9H11ClF3NO. The van der Waals surface area contributed by atoms with Crippen molar-refractivity contribution < 1.29 is 18.3 Å². The molecule has 1 atom stereocenters. The van der Waals surface area contributed by atoms with Crippen molar-refractivity contribution in [1.29, 1.82) is 0 Å². The first-order valence-corrected chi connectivity index (χ1v) is 4.00. The standard InChI is InChI=1S/C9H10F3NO.ClH/c10-9(11,12)5-7(13)6-3-1-2-4-8(6)14;/h1-4,7,14H,5,13H2;1H/t7-;/m1./s1. The van der Waals surface area contributed by atoms with Gasteiger partial charge in [-0.05, 0) is 6.07 Å². The van der Waals surface area contributed by atoms with Crippen LogP contribution in [-0.2, 0) is 0 Å². The van der Waals surface area contributed by atoms with Gasteiger partial charge >= 0.3 is 6.18 Å². The van der Waals surface area contributed by atoms with Crippen LogP contribution in [0.1, 0.15) is 18.0 Å². The summed E-state index contributed by atoms with van der Waals surface area (Å²) in [5.41, 5.74) is 5.42. The van der Waals surface area contributed by atoms with E-state index in [1.807, 2.05) is 0 Å². The molecule has 15 heavy (non-hydrogen) atoms. The molecule has 0 bridgehead atoms. The number of nitrogens with two attached hydrogens (primary N) is 1. The molecule has 2 nitrogen and oxygen atoms in total. The summed E-state index contributed by atoms with van der Waals surface area (Å²) in [4.78, 5) is 0. The predicted molar refractivity (Wildman–Crippen MR) is 53.0 cm³/mol. The summed E-state index contributed by atoms with van der Waals surface area (Å²) in [6.07, 6.45) is -5.45. The van der Waals surface area contributed by atoms with Crippen LogP contribution < -0.4 is 5.73 Å². The molecule has 6 heteroatoms. The summed E-state index contributed by atoms with van der Waals surface area (Å²) in [7, 11) is 0. The minimum atomic E-state index is -4.32. The van der Waals surface area contributed by atoms with Crippen LogP contribution in [0.4, 0.5) is 13.2 Å². The molecule has 0 radical (unpaired) electrons. The molecule has 0 saturated carbocycles. The first-order valence-electron chi connectivity index (χ1n) is 4.00. The Bertz CT molecular complexity index is 316. The highest BCUT2D eigenvalue weighted by Gasteiger charge is 2.31. The Balaban J connectivity index is 0.00000196. The van der Waals surface area contributed by atoms with E-state index in [9.17, 15) is 18.3 Å². The molecule has 0 fully saturated rings. The van der Waals surface area contributed by atoms with Crippen LogP contribution in [0, 0.1) is 0 Å². The van der Waals surface area contributed by atoms with Crippen LogP contribution in [0.25, 0.3) is 0 Å². The minimum absolute atomic E-state index is 0. The lowest BCUT2D eigenvalue weighted by Crippen LogP contribution is -2.20. The summed E-state index contributed by atoms with van der Waals surface area (Å²) in [6.45, 7) is 0. The second-order valence-corrected chi connectivity index (χ2v) is 2.98. The number of phenols is 1. The lowest BCUT2D eigenvalue weighted by atomic mass is 10.0. The average Bonchev–Trinajstić information content (AvgIpc) is 2.01. The monoisotopic (exact) mass is 241 g/mol. The number of hydrogen-bond acceptors (Lipinski definition) is 2. The van der Waals surface area contributed by atoms with E-state index in [0.717, 1.165) is 0 Å². The fourth-order valence-electron chi connectivity index (χ4n) is 1.16. The van der Waals surface area contributed by atoms with Crippen molar-refractivity contribution in [2.24, 2.45) is 5.73 Å². The Hall–Kier alpha value is -0.940. The van der Waals surface area contributed by atoms with Gasteiger partial charge in [-0.2, -0.15) is 13.2 Å². The maximum Gasteiger partial charge on any atom is 0.390 e. The maximum atomic E-state index is 12.0. The molecule has 0 aliphatic carbocycles. The SMILES string of the molecule is Cl.N[C@H](CC(F)(F)F)c1ccccc1O. The highest BCUT2D eigenvalue weighted by atomic mass is 35.5. The number of aromatic hydroxyl groups is 1. The number of phenolic OH excluding ortho intramolecular Hbond substituents is 1. The Morgan fingerprint density at radius 2 is 1.80 bits per heavy atom. The van der Waals surface area contributed by atoms with Gasteiger partial charge in [-0.15, -0.1) is 12.4 Å². The van der Waals surface area contributed by atoms with Crippen LogP contribution in [0.15, 0.2) is 24.3 Å². The third-order valence-corrected chi connectivity index (χ3v) is 1.79. The molecule has 0 saturated heterocycles. The van der Waals surface area contributed by atoms with Crippen molar-refractivity contribution in [3.05, 3.63) is 29.8 Å². The molecule has 1 aromatic carbocycles. The number of hydrogen-bond donors (Lipinski definition) is 2. The van der Waals surface area contributed by atoms with Gasteiger partial charge in [0.05, 0.1) is 6.42 Å². The van der Waals surface area contributed by atoms with E-state index in [-0.39, 0.29) is 23.7 Å². The smallest absolute Gasteiger partial charge is 0.390 e. The van der Waals surface area contributed by atoms with Crippen LogP contribution >= 0.6 is 12.4 Å². The van der Waals surface area contributed by atoms with E-state index in [1.54, 1.807) is 0 Å². The van der Waals surface area contributed by atoms with Crippen molar-refractivity contribution in [3.8, 4) is 5.75 Å². The van der Waals surface area contributed by atoms with Crippen LogP contribution in [0.2, 0.25) is 0 Å². The summed E-state index contributed by atoms with van der Waals surface area (Å²) < 4.78 is 35.9. The zero-order valence-corrected chi connectivity index (χ0v) is 8.48. The molecule has 0 aliphatic heterocycles. The van der Waals surface area contributed by atoms with E-state index in [4.69, 9.17) is 5.73 Å². The maximum absolute atomic E-state index is 12.0. The third kappa shape index (κ3) is 4.40. The molecular weight excluding hydrogens is 231 g/mol. The van der Waals surface area contributed by atoms with Gasteiger partial charge in [-0.3, -0.25) is 0 Å². The van der Waals surface area contributed by atoms with Crippen molar-refractivity contribution in [2.75, 3.05) is 0 Å². The van der Waals surface area contributed by atoms with Crippen molar-refractivity contribution in [3.63, 3.8) is 0 Å². The van der Waals surface area contributed by atoms with E-state index >= 15 is 0 Å². The number of para-hydroxylation sites is 1. The van der Waals surface area contributed by atoms with Crippen LogP contribution in [-0.4, -0.2) is 11.3 Å². The summed E-state index contributed by atoms with van der Waals surface area (Å²) >= 11 is 0.